The number of carbonyl (C=O) groups excluding carboxylic acids is 1. The number of hydrogen-bond acceptors (Lipinski definition) is 6. The molecule has 2 rings (SSSR count). The molecule has 7 nitrogen and oxygen atoms in total. The lowest BCUT2D eigenvalue weighted by Gasteiger charge is -2.13. The maximum atomic E-state index is 12.2. The Kier molecular flexibility index (Phi) is 4.88. The second-order valence-electron chi connectivity index (χ2n) is 4.94. The summed E-state index contributed by atoms with van der Waals surface area (Å²) in [6, 6.07) is 5.20. The Labute approximate surface area is 129 Å². The van der Waals surface area contributed by atoms with Gasteiger partial charge in [0.05, 0.1) is 19.3 Å². The average molecular weight is 301 g/mol. The lowest BCUT2D eigenvalue weighted by molar-refractivity contribution is 0.0946. The van der Waals surface area contributed by atoms with E-state index in [0.29, 0.717) is 23.9 Å². The van der Waals surface area contributed by atoms with Crippen molar-refractivity contribution in [3.63, 3.8) is 0 Å². The van der Waals surface area contributed by atoms with E-state index in [1.807, 2.05) is 32.0 Å². The van der Waals surface area contributed by atoms with E-state index >= 15 is 0 Å². The number of hydrogen-bond donors (Lipinski definition) is 1. The van der Waals surface area contributed by atoms with Gasteiger partial charge in [0, 0.05) is 26.0 Å². The van der Waals surface area contributed by atoms with Gasteiger partial charge in [-0.1, -0.05) is 0 Å². The van der Waals surface area contributed by atoms with Crippen molar-refractivity contribution in [1.82, 2.24) is 20.3 Å². The molecule has 22 heavy (non-hydrogen) atoms. The zero-order chi connectivity index (χ0) is 16.1. The molecule has 0 aromatic carbocycles. The first-order chi connectivity index (χ1) is 10.5. The smallest absolute Gasteiger partial charge is 0.257 e. The summed E-state index contributed by atoms with van der Waals surface area (Å²) in [7, 11) is 5.23. The van der Waals surface area contributed by atoms with E-state index in [1.54, 1.807) is 18.3 Å². The van der Waals surface area contributed by atoms with Gasteiger partial charge in [-0.3, -0.25) is 4.79 Å². The molecule has 0 saturated heterocycles. The van der Waals surface area contributed by atoms with Gasteiger partial charge in [-0.15, -0.1) is 0 Å². The van der Waals surface area contributed by atoms with Crippen LogP contribution in [0.4, 0.5) is 5.95 Å². The van der Waals surface area contributed by atoms with E-state index in [9.17, 15) is 4.79 Å². The number of aromatic nitrogens is 3. The predicted octanol–water partition coefficient (Wildman–Crippen LogP) is 1.18. The van der Waals surface area contributed by atoms with Crippen molar-refractivity contribution in [2.24, 2.45) is 0 Å². The van der Waals surface area contributed by atoms with Gasteiger partial charge in [0.2, 0.25) is 11.8 Å². The number of ether oxygens (including phenoxy) is 1. The normalized spacial score (nSPS) is 10.2. The van der Waals surface area contributed by atoms with Gasteiger partial charge < -0.3 is 15.0 Å². The van der Waals surface area contributed by atoms with Crippen molar-refractivity contribution in [2.45, 2.75) is 13.5 Å². The Balaban J connectivity index is 2.11. The van der Waals surface area contributed by atoms with Crippen LogP contribution >= 0.6 is 0 Å². The maximum absolute atomic E-state index is 12.2. The molecule has 0 unspecified atom stereocenters. The van der Waals surface area contributed by atoms with Crippen LogP contribution in [0, 0.1) is 6.92 Å². The highest BCUT2D eigenvalue weighted by Gasteiger charge is 2.13. The summed E-state index contributed by atoms with van der Waals surface area (Å²) in [6.07, 6.45) is 1.58. The zero-order valence-electron chi connectivity index (χ0n) is 13.1. The Bertz CT molecular complexity index is 673. The first-order valence-corrected chi connectivity index (χ1v) is 6.80. The summed E-state index contributed by atoms with van der Waals surface area (Å²) in [5.41, 5.74) is 1.98. The van der Waals surface area contributed by atoms with Crippen LogP contribution in [0.1, 0.15) is 21.7 Å². The van der Waals surface area contributed by atoms with Crippen molar-refractivity contribution in [2.75, 3.05) is 26.1 Å². The molecule has 7 heteroatoms. The molecular weight excluding hydrogens is 282 g/mol. The third kappa shape index (κ3) is 3.69. The van der Waals surface area contributed by atoms with E-state index in [-0.39, 0.29) is 5.91 Å². The van der Waals surface area contributed by atoms with E-state index in [4.69, 9.17) is 4.74 Å². The van der Waals surface area contributed by atoms with Gasteiger partial charge in [-0.25, -0.2) is 15.0 Å². The number of carbonyl (C=O) groups is 1. The predicted molar refractivity (Wildman–Crippen MR) is 83.1 cm³/mol. The van der Waals surface area contributed by atoms with E-state index in [1.165, 1.54) is 7.11 Å². The lowest BCUT2D eigenvalue weighted by Crippen LogP contribution is -2.25. The Hall–Kier alpha value is -2.70. The Morgan fingerprint density at radius 2 is 2.14 bits per heavy atom. The van der Waals surface area contributed by atoms with Crippen molar-refractivity contribution in [1.29, 1.82) is 0 Å². The number of aryl methyl sites for hydroxylation is 1. The van der Waals surface area contributed by atoms with Gasteiger partial charge >= 0.3 is 0 Å². The van der Waals surface area contributed by atoms with E-state index in [0.717, 1.165) is 11.4 Å². The molecule has 0 aliphatic heterocycles. The number of methoxy groups -OCH3 is 1. The number of nitrogens with one attached hydrogen (secondary N) is 1. The minimum Gasteiger partial charge on any atom is -0.480 e. The van der Waals surface area contributed by atoms with Crippen LogP contribution in [0.25, 0.3) is 0 Å². The van der Waals surface area contributed by atoms with E-state index in [2.05, 4.69) is 20.3 Å². The van der Waals surface area contributed by atoms with Gasteiger partial charge in [0.1, 0.15) is 5.56 Å². The van der Waals surface area contributed by atoms with Crippen molar-refractivity contribution >= 4 is 11.9 Å². The minimum atomic E-state index is -0.257. The van der Waals surface area contributed by atoms with Crippen LogP contribution in [0.5, 0.6) is 5.88 Å². The van der Waals surface area contributed by atoms with Crippen molar-refractivity contribution in [3.8, 4) is 5.88 Å². The number of rotatable bonds is 5. The summed E-state index contributed by atoms with van der Waals surface area (Å²) >= 11 is 0. The quantitative estimate of drug-likeness (QED) is 0.893. The van der Waals surface area contributed by atoms with Gasteiger partial charge in [0.25, 0.3) is 5.91 Å². The zero-order valence-corrected chi connectivity index (χ0v) is 13.1. The van der Waals surface area contributed by atoms with Gasteiger partial charge in [-0.05, 0) is 25.1 Å². The van der Waals surface area contributed by atoms with Crippen LogP contribution in [-0.2, 0) is 6.54 Å². The summed E-state index contributed by atoms with van der Waals surface area (Å²) in [5.74, 6) is 0.656. The fourth-order valence-corrected chi connectivity index (χ4v) is 1.90. The van der Waals surface area contributed by atoms with E-state index < -0.39 is 0 Å². The number of pyridine rings is 1. The lowest BCUT2D eigenvalue weighted by atomic mass is 10.2. The number of amides is 1. The highest BCUT2D eigenvalue weighted by Crippen LogP contribution is 2.13. The molecule has 2 aromatic rings. The molecule has 0 aliphatic rings. The van der Waals surface area contributed by atoms with Crippen molar-refractivity contribution in [3.05, 3.63) is 41.3 Å². The molecule has 0 spiro atoms. The van der Waals surface area contributed by atoms with Gasteiger partial charge in [0.15, 0.2) is 0 Å². The van der Waals surface area contributed by atoms with Crippen LogP contribution in [0.2, 0.25) is 0 Å². The molecule has 116 valence electrons. The number of nitrogens with zero attached hydrogens (tertiary/aromatic N) is 4. The van der Waals surface area contributed by atoms with Crippen LogP contribution < -0.4 is 15.0 Å². The summed E-state index contributed by atoms with van der Waals surface area (Å²) in [4.78, 5) is 26.8. The first-order valence-electron chi connectivity index (χ1n) is 6.80. The molecule has 1 amide bonds. The Morgan fingerprint density at radius 3 is 2.82 bits per heavy atom. The van der Waals surface area contributed by atoms with Crippen LogP contribution in [0.15, 0.2) is 24.4 Å². The SMILES string of the molecule is COc1ncccc1C(=O)NCc1cc(C)nc(N(C)C)n1. The van der Waals surface area contributed by atoms with Crippen molar-refractivity contribution < 1.29 is 9.53 Å². The fourth-order valence-electron chi connectivity index (χ4n) is 1.90. The van der Waals surface area contributed by atoms with Crippen LogP contribution in [0.3, 0.4) is 0 Å². The molecule has 0 radical (unpaired) electrons. The summed E-state index contributed by atoms with van der Waals surface area (Å²) in [5, 5.41) is 2.82. The molecule has 2 aromatic heterocycles. The van der Waals surface area contributed by atoms with Gasteiger partial charge in [-0.2, -0.15) is 0 Å². The second kappa shape index (κ2) is 6.84. The monoisotopic (exact) mass is 301 g/mol. The molecular formula is C15H19N5O2. The minimum absolute atomic E-state index is 0.257. The molecule has 0 aliphatic carbocycles. The summed E-state index contributed by atoms with van der Waals surface area (Å²) in [6.45, 7) is 2.20. The molecule has 0 atom stereocenters. The maximum Gasteiger partial charge on any atom is 0.257 e. The first kappa shape index (κ1) is 15.7. The number of anilines is 1. The topological polar surface area (TPSA) is 80.2 Å². The molecule has 1 N–H and O–H groups in total. The third-order valence-corrected chi connectivity index (χ3v) is 2.93. The fraction of sp³-hybridized carbons (Fsp3) is 0.333. The highest BCUT2D eigenvalue weighted by atomic mass is 16.5. The molecule has 0 saturated carbocycles. The highest BCUT2D eigenvalue weighted by molar-refractivity contribution is 5.96. The van der Waals surface area contributed by atoms with Crippen LogP contribution in [-0.4, -0.2) is 42.1 Å². The molecule has 2 heterocycles. The second-order valence-corrected chi connectivity index (χ2v) is 4.94. The third-order valence-electron chi connectivity index (χ3n) is 2.93. The largest absolute Gasteiger partial charge is 0.480 e. The molecule has 0 fully saturated rings. The molecule has 0 bridgehead atoms. The average Bonchev–Trinajstić information content (AvgIpc) is 2.52. The summed E-state index contributed by atoms with van der Waals surface area (Å²) < 4.78 is 5.08. The standard InChI is InChI=1S/C15H19N5O2/c1-10-8-11(19-15(18-10)20(2)3)9-17-13(21)12-6-5-7-16-14(12)22-4/h5-8H,9H2,1-4H3,(H,17,21). The Morgan fingerprint density at radius 1 is 1.36 bits per heavy atom.